The lowest BCUT2D eigenvalue weighted by atomic mass is 10.0. The van der Waals surface area contributed by atoms with E-state index in [1.165, 1.54) is 109 Å². The van der Waals surface area contributed by atoms with Crippen molar-refractivity contribution >= 4 is 0 Å². The van der Waals surface area contributed by atoms with Gasteiger partial charge < -0.3 is 0 Å². The van der Waals surface area contributed by atoms with Gasteiger partial charge in [0.15, 0.2) is 11.9 Å². The Kier molecular flexibility index (Phi) is 14.7. The Bertz CT molecular complexity index is 399. The molecule has 1 aromatic heterocycles. The normalized spacial score (nSPS) is 11.1. The summed E-state index contributed by atoms with van der Waals surface area (Å²) in [6.07, 6.45) is 25.0. The minimum atomic E-state index is 1.14. The number of hydrogen-bond donors (Lipinski definition) is 0. The molecule has 0 spiro atoms. The molecule has 0 saturated carbocycles. The molecule has 0 amide bonds. The van der Waals surface area contributed by atoms with Gasteiger partial charge in [-0.2, -0.15) is 0 Å². The first kappa shape index (κ1) is 22.2. The first-order valence-electron chi connectivity index (χ1n) is 11.4. The molecule has 0 aliphatic heterocycles. The van der Waals surface area contributed by atoms with Gasteiger partial charge in [-0.05, 0) is 6.42 Å². The van der Waals surface area contributed by atoms with E-state index in [1.807, 2.05) is 0 Å². The minimum Gasteiger partial charge on any atom is -0.202 e. The fourth-order valence-corrected chi connectivity index (χ4v) is 3.70. The smallest absolute Gasteiger partial charge is 0.181 e. The molecule has 0 aromatic carbocycles. The third-order valence-electron chi connectivity index (χ3n) is 5.40. The van der Waals surface area contributed by atoms with Gasteiger partial charge in [0.25, 0.3) is 0 Å². The standard InChI is InChI=1S/C24H44N/c1-3-5-6-7-8-9-10-11-12-13-14-15-16-17-19-22-25-23-20-18-21-24(25)4-2/h18,20-21,23H,3-17,19,22H2,1-2H3/q+1. The Morgan fingerprint density at radius 2 is 1.08 bits per heavy atom. The molecule has 1 heterocycles. The van der Waals surface area contributed by atoms with Gasteiger partial charge in [0.2, 0.25) is 0 Å². The number of aryl methyl sites for hydroxylation is 2. The second kappa shape index (κ2) is 16.6. The lowest BCUT2D eigenvalue weighted by Gasteiger charge is -2.04. The molecule has 0 fully saturated rings. The predicted octanol–water partition coefficient (Wildman–Crippen LogP) is 7.41. The summed E-state index contributed by atoms with van der Waals surface area (Å²) < 4.78 is 2.43. The van der Waals surface area contributed by atoms with Gasteiger partial charge in [0.05, 0.1) is 0 Å². The zero-order valence-corrected chi connectivity index (χ0v) is 17.3. The molecular formula is C24H44N+. The summed E-state index contributed by atoms with van der Waals surface area (Å²) in [5.74, 6) is 0. The van der Waals surface area contributed by atoms with Crippen molar-refractivity contribution in [1.82, 2.24) is 0 Å². The molecule has 0 saturated heterocycles. The third kappa shape index (κ3) is 12.2. The van der Waals surface area contributed by atoms with E-state index >= 15 is 0 Å². The quantitative estimate of drug-likeness (QED) is 0.204. The van der Waals surface area contributed by atoms with Crippen LogP contribution in [0.3, 0.4) is 0 Å². The van der Waals surface area contributed by atoms with Crippen molar-refractivity contribution < 1.29 is 4.57 Å². The molecule has 144 valence electrons. The molecule has 25 heavy (non-hydrogen) atoms. The lowest BCUT2D eigenvalue weighted by molar-refractivity contribution is -0.704. The summed E-state index contributed by atoms with van der Waals surface area (Å²) in [6, 6.07) is 6.57. The topological polar surface area (TPSA) is 3.88 Å². The molecule has 0 unspecified atom stereocenters. The van der Waals surface area contributed by atoms with Gasteiger partial charge >= 0.3 is 0 Å². The largest absolute Gasteiger partial charge is 0.202 e. The zero-order chi connectivity index (χ0) is 18.0. The van der Waals surface area contributed by atoms with Crippen LogP contribution in [0.15, 0.2) is 24.4 Å². The molecule has 1 aromatic rings. The highest BCUT2D eigenvalue weighted by molar-refractivity contribution is 4.96. The molecule has 0 atom stereocenters. The van der Waals surface area contributed by atoms with Gasteiger partial charge in [-0.25, -0.2) is 4.57 Å². The molecule has 1 nitrogen and oxygen atoms in total. The van der Waals surface area contributed by atoms with Crippen molar-refractivity contribution in [3.63, 3.8) is 0 Å². The molecule has 1 rings (SSSR count). The summed E-state index contributed by atoms with van der Waals surface area (Å²) in [5.41, 5.74) is 1.47. The van der Waals surface area contributed by atoms with E-state index in [4.69, 9.17) is 0 Å². The highest BCUT2D eigenvalue weighted by Crippen LogP contribution is 2.13. The fraction of sp³-hybridized carbons (Fsp3) is 0.792. The number of rotatable bonds is 17. The van der Waals surface area contributed by atoms with Crippen LogP contribution in [0.2, 0.25) is 0 Å². The van der Waals surface area contributed by atoms with Crippen molar-refractivity contribution in [2.45, 2.75) is 123 Å². The Morgan fingerprint density at radius 1 is 0.600 bits per heavy atom. The predicted molar refractivity (Wildman–Crippen MR) is 111 cm³/mol. The van der Waals surface area contributed by atoms with E-state index in [0.29, 0.717) is 0 Å². The molecule has 0 N–H and O–H groups in total. The van der Waals surface area contributed by atoms with E-state index in [0.717, 1.165) is 6.42 Å². The van der Waals surface area contributed by atoms with Crippen LogP contribution in [0.25, 0.3) is 0 Å². The number of aromatic nitrogens is 1. The first-order chi connectivity index (χ1) is 12.4. The first-order valence-corrected chi connectivity index (χ1v) is 11.4. The molecule has 0 radical (unpaired) electrons. The van der Waals surface area contributed by atoms with Gasteiger partial charge in [-0.1, -0.05) is 103 Å². The maximum absolute atomic E-state index is 2.43. The summed E-state index contributed by atoms with van der Waals surface area (Å²) in [4.78, 5) is 0. The van der Waals surface area contributed by atoms with Gasteiger partial charge in [-0.3, -0.25) is 0 Å². The summed E-state index contributed by atoms with van der Waals surface area (Å²) in [6.45, 7) is 5.74. The van der Waals surface area contributed by atoms with Crippen LogP contribution < -0.4 is 4.57 Å². The van der Waals surface area contributed by atoms with Gasteiger partial charge in [-0.15, -0.1) is 0 Å². The maximum atomic E-state index is 2.43. The van der Waals surface area contributed by atoms with Crippen LogP contribution in [-0.2, 0) is 13.0 Å². The van der Waals surface area contributed by atoms with Crippen LogP contribution in [-0.4, -0.2) is 0 Å². The van der Waals surface area contributed by atoms with E-state index in [-0.39, 0.29) is 0 Å². The van der Waals surface area contributed by atoms with Crippen molar-refractivity contribution in [3.8, 4) is 0 Å². The van der Waals surface area contributed by atoms with E-state index in [2.05, 4.69) is 42.8 Å². The van der Waals surface area contributed by atoms with Gasteiger partial charge in [0.1, 0.15) is 6.54 Å². The van der Waals surface area contributed by atoms with E-state index < -0.39 is 0 Å². The maximum Gasteiger partial charge on any atom is 0.181 e. The number of hydrogen-bond acceptors (Lipinski definition) is 0. The summed E-state index contributed by atoms with van der Waals surface area (Å²) >= 11 is 0. The van der Waals surface area contributed by atoms with Crippen LogP contribution in [0, 0.1) is 0 Å². The number of unbranched alkanes of at least 4 members (excludes halogenated alkanes) is 14. The number of nitrogens with zero attached hydrogens (tertiary/aromatic N) is 1. The average Bonchev–Trinajstić information content (AvgIpc) is 2.65. The van der Waals surface area contributed by atoms with Crippen molar-refractivity contribution in [2.24, 2.45) is 0 Å². The molecule has 0 aliphatic carbocycles. The SMILES string of the molecule is CCCCCCCCCCCCCCCCC[n+]1ccccc1CC. The monoisotopic (exact) mass is 346 g/mol. The third-order valence-corrected chi connectivity index (χ3v) is 5.40. The Hall–Kier alpha value is -0.850. The Balaban J connectivity index is 1.82. The summed E-state index contributed by atoms with van der Waals surface area (Å²) in [5, 5.41) is 0. The van der Waals surface area contributed by atoms with Crippen LogP contribution in [0.4, 0.5) is 0 Å². The lowest BCUT2D eigenvalue weighted by Crippen LogP contribution is -2.37. The van der Waals surface area contributed by atoms with E-state index in [9.17, 15) is 0 Å². The van der Waals surface area contributed by atoms with Crippen LogP contribution in [0.5, 0.6) is 0 Å². The van der Waals surface area contributed by atoms with Gasteiger partial charge in [0, 0.05) is 25.0 Å². The zero-order valence-electron chi connectivity index (χ0n) is 17.3. The molecular weight excluding hydrogens is 302 g/mol. The van der Waals surface area contributed by atoms with E-state index in [1.54, 1.807) is 0 Å². The van der Waals surface area contributed by atoms with Crippen LogP contribution >= 0.6 is 0 Å². The number of pyridine rings is 1. The van der Waals surface area contributed by atoms with Crippen molar-refractivity contribution in [2.75, 3.05) is 0 Å². The average molecular weight is 347 g/mol. The highest BCUT2D eigenvalue weighted by atomic mass is 14.9. The second-order valence-corrected chi connectivity index (χ2v) is 7.69. The van der Waals surface area contributed by atoms with Crippen molar-refractivity contribution in [3.05, 3.63) is 30.1 Å². The molecule has 0 aliphatic rings. The van der Waals surface area contributed by atoms with Crippen molar-refractivity contribution in [1.29, 1.82) is 0 Å². The highest BCUT2D eigenvalue weighted by Gasteiger charge is 2.06. The molecule has 0 bridgehead atoms. The Labute approximate surface area is 158 Å². The van der Waals surface area contributed by atoms with Crippen LogP contribution in [0.1, 0.15) is 116 Å². The Morgan fingerprint density at radius 3 is 1.56 bits per heavy atom. The fourth-order valence-electron chi connectivity index (χ4n) is 3.70. The second-order valence-electron chi connectivity index (χ2n) is 7.69. The minimum absolute atomic E-state index is 1.14. The summed E-state index contributed by atoms with van der Waals surface area (Å²) in [7, 11) is 0. The molecule has 1 heteroatoms.